The molecule has 0 atom stereocenters. The lowest BCUT2D eigenvalue weighted by molar-refractivity contribution is 1.44. The van der Waals surface area contributed by atoms with Crippen LogP contribution in [-0.4, -0.2) is 0 Å². The first kappa shape index (κ1) is 16.0. The average Bonchev–Trinajstić information content (AvgIpc) is 2.64. The van der Waals surface area contributed by atoms with E-state index in [1.807, 2.05) is 0 Å². The minimum Gasteiger partial charge on any atom is -0.0870 e. The maximum Gasteiger partial charge on any atom is -0.00330 e. The molecule has 0 bridgehead atoms. The lowest BCUT2D eigenvalue weighted by atomic mass is 9.89. The molecule has 3 rings (SSSR count). The minimum atomic E-state index is 1.23. The summed E-state index contributed by atoms with van der Waals surface area (Å²) in [6.07, 6.45) is 4.32. The Kier molecular flexibility index (Phi) is 5.08. The minimum absolute atomic E-state index is 1.23. The van der Waals surface area contributed by atoms with Crippen molar-refractivity contribution in [1.29, 1.82) is 0 Å². The summed E-state index contributed by atoms with van der Waals surface area (Å²) in [6, 6.07) is 30.0. The second kappa shape index (κ2) is 7.61. The highest BCUT2D eigenvalue weighted by Crippen LogP contribution is 2.33. The number of benzene rings is 3. The van der Waals surface area contributed by atoms with Crippen LogP contribution in [0.1, 0.15) is 29.2 Å². The molecule has 0 aliphatic rings. The molecule has 0 heteroatoms. The van der Waals surface area contributed by atoms with Crippen LogP contribution in [0.3, 0.4) is 0 Å². The van der Waals surface area contributed by atoms with E-state index in [9.17, 15) is 0 Å². The monoisotopic (exact) mass is 310 g/mol. The van der Waals surface area contributed by atoms with Gasteiger partial charge in [-0.2, -0.15) is 0 Å². The van der Waals surface area contributed by atoms with E-state index < -0.39 is 0 Å². The van der Waals surface area contributed by atoms with Gasteiger partial charge in [0.1, 0.15) is 0 Å². The largest absolute Gasteiger partial charge is 0.0870 e. The van der Waals surface area contributed by atoms with Crippen molar-refractivity contribution in [2.24, 2.45) is 0 Å². The first-order chi connectivity index (χ1) is 11.8. The Morgan fingerprint density at radius 1 is 0.625 bits per heavy atom. The Morgan fingerprint density at radius 3 is 1.67 bits per heavy atom. The SMILES string of the molecule is C/C=C/C(=C(\c1ccccc1)c1ccc(C)cc1)c1ccccc1. The summed E-state index contributed by atoms with van der Waals surface area (Å²) in [7, 11) is 0. The zero-order chi connectivity index (χ0) is 16.8. The van der Waals surface area contributed by atoms with E-state index in [1.54, 1.807) is 0 Å². The van der Waals surface area contributed by atoms with Gasteiger partial charge in [-0.3, -0.25) is 0 Å². The van der Waals surface area contributed by atoms with Crippen molar-refractivity contribution >= 4 is 11.1 Å². The van der Waals surface area contributed by atoms with Crippen LogP contribution in [-0.2, 0) is 0 Å². The Hall–Kier alpha value is -2.86. The molecule has 0 unspecified atom stereocenters. The van der Waals surface area contributed by atoms with Crippen molar-refractivity contribution in [3.05, 3.63) is 119 Å². The van der Waals surface area contributed by atoms with Gasteiger partial charge in [0, 0.05) is 0 Å². The quantitative estimate of drug-likeness (QED) is 0.379. The van der Waals surface area contributed by atoms with Crippen LogP contribution in [0, 0.1) is 6.92 Å². The van der Waals surface area contributed by atoms with Gasteiger partial charge in [-0.05, 0) is 41.7 Å². The van der Waals surface area contributed by atoms with Gasteiger partial charge in [0.2, 0.25) is 0 Å². The van der Waals surface area contributed by atoms with Crippen LogP contribution in [0.2, 0.25) is 0 Å². The van der Waals surface area contributed by atoms with Crippen molar-refractivity contribution in [2.45, 2.75) is 13.8 Å². The van der Waals surface area contributed by atoms with Crippen LogP contribution < -0.4 is 0 Å². The molecule has 0 fully saturated rings. The van der Waals surface area contributed by atoms with Gasteiger partial charge >= 0.3 is 0 Å². The molecule has 24 heavy (non-hydrogen) atoms. The smallest absolute Gasteiger partial charge is 0.00330 e. The molecule has 0 amide bonds. The van der Waals surface area contributed by atoms with Gasteiger partial charge in [-0.25, -0.2) is 0 Å². The lowest BCUT2D eigenvalue weighted by Crippen LogP contribution is -1.94. The first-order valence-corrected chi connectivity index (χ1v) is 8.34. The summed E-state index contributed by atoms with van der Waals surface area (Å²) in [4.78, 5) is 0. The molecule has 0 saturated carbocycles. The molecule has 3 aromatic rings. The van der Waals surface area contributed by atoms with Gasteiger partial charge in [-0.1, -0.05) is 103 Å². The normalized spacial score (nSPS) is 12.2. The van der Waals surface area contributed by atoms with E-state index in [-0.39, 0.29) is 0 Å². The van der Waals surface area contributed by atoms with Crippen LogP contribution >= 0.6 is 0 Å². The van der Waals surface area contributed by atoms with E-state index >= 15 is 0 Å². The summed E-state index contributed by atoms with van der Waals surface area (Å²) in [5.41, 5.74) is 7.49. The third kappa shape index (κ3) is 3.55. The Balaban J connectivity index is 2.31. The Labute approximate surface area is 144 Å². The van der Waals surface area contributed by atoms with Crippen molar-refractivity contribution < 1.29 is 0 Å². The Morgan fingerprint density at radius 2 is 1.12 bits per heavy atom. The first-order valence-electron chi connectivity index (χ1n) is 8.34. The molecule has 0 aliphatic carbocycles. The van der Waals surface area contributed by atoms with E-state index in [0.717, 1.165) is 0 Å². The average molecular weight is 310 g/mol. The van der Waals surface area contributed by atoms with Crippen molar-refractivity contribution in [1.82, 2.24) is 0 Å². The number of hydrogen-bond acceptors (Lipinski definition) is 0. The molecule has 118 valence electrons. The van der Waals surface area contributed by atoms with Gasteiger partial charge in [-0.15, -0.1) is 0 Å². The summed E-state index contributed by atoms with van der Waals surface area (Å²) in [5.74, 6) is 0. The van der Waals surface area contributed by atoms with Gasteiger partial charge in [0.25, 0.3) is 0 Å². The molecule has 3 aromatic carbocycles. The third-order valence-electron chi connectivity index (χ3n) is 4.09. The van der Waals surface area contributed by atoms with Crippen molar-refractivity contribution in [2.75, 3.05) is 0 Å². The molecule has 0 nitrogen and oxygen atoms in total. The molecule has 0 saturated heterocycles. The van der Waals surface area contributed by atoms with Gasteiger partial charge < -0.3 is 0 Å². The summed E-state index contributed by atoms with van der Waals surface area (Å²) < 4.78 is 0. The van der Waals surface area contributed by atoms with E-state index in [0.29, 0.717) is 0 Å². The zero-order valence-electron chi connectivity index (χ0n) is 14.2. The maximum absolute atomic E-state index is 2.21. The van der Waals surface area contributed by atoms with E-state index in [2.05, 4.69) is 111 Å². The molecular formula is C24H22. The van der Waals surface area contributed by atoms with Crippen LogP contribution in [0.5, 0.6) is 0 Å². The third-order valence-corrected chi connectivity index (χ3v) is 4.09. The zero-order valence-corrected chi connectivity index (χ0v) is 14.2. The summed E-state index contributed by atoms with van der Waals surface area (Å²) >= 11 is 0. The molecule has 0 aliphatic heterocycles. The second-order valence-corrected chi connectivity index (χ2v) is 5.89. The molecular weight excluding hydrogens is 288 g/mol. The van der Waals surface area contributed by atoms with Gasteiger partial charge in [0.05, 0.1) is 0 Å². The maximum atomic E-state index is 2.21. The molecule has 0 radical (unpaired) electrons. The lowest BCUT2D eigenvalue weighted by Gasteiger charge is -2.15. The van der Waals surface area contributed by atoms with E-state index in [1.165, 1.54) is 33.4 Å². The van der Waals surface area contributed by atoms with Gasteiger partial charge in [0.15, 0.2) is 0 Å². The topological polar surface area (TPSA) is 0 Å². The number of aryl methyl sites for hydroxylation is 1. The highest BCUT2D eigenvalue weighted by Gasteiger charge is 2.11. The van der Waals surface area contributed by atoms with Crippen molar-refractivity contribution in [3.63, 3.8) is 0 Å². The molecule has 0 spiro atoms. The van der Waals surface area contributed by atoms with Crippen LogP contribution in [0.4, 0.5) is 0 Å². The second-order valence-electron chi connectivity index (χ2n) is 5.89. The fourth-order valence-electron chi connectivity index (χ4n) is 2.91. The fourth-order valence-corrected chi connectivity index (χ4v) is 2.91. The summed E-state index contributed by atoms with van der Waals surface area (Å²) in [6.45, 7) is 4.19. The predicted octanol–water partition coefficient (Wildman–Crippen LogP) is 6.53. The summed E-state index contributed by atoms with van der Waals surface area (Å²) in [5, 5.41) is 0. The highest BCUT2D eigenvalue weighted by molar-refractivity contribution is 6.02. The van der Waals surface area contributed by atoms with E-state index in [4.69, 9.17) is 0 Å². The Bertz CT molecular complexity index is 836. The molecule has 0 N–H and O–H groups in total. The standard InChI is InChI=1S/C24H22/c1-3-10-23(20-11-6-4-7-12-20)24(21-13-8-5-9-14-21)22-17-15-19(2)16-18-22/h3-18H,1-2H3/b10-3+,24-23-. The van der Waals surface area contributed by atoms with Crippen LogP contribution in [0.25, 0.3) is 11.1 Å². The number of rotatable bonds is 4. The number of hydrogen-bond donors (Lipinski definition) is 0. The van der Waals surface area contributed by atoms with Crippen LogP contribution in [0.15, 0.2) is 97.1 Å². The molecule has 0 aromatic heterocycles. The number of allylic oxidation sites excluding steroid dienone is 3. The highest BCUT2D eigenvalue weighted by atomic mass is 14.1. The van der Waals surface area contributed by atoms with Crippen molar-refractivity contribution in [3.8, 4) is 0 Å². The fraction of sp³-hybridized carbons (Fsp3) is 0.0833. The predicted molar refractivity (Wildman–Crippen MR) is 105 cm³/mol. The molecule has 0 heterocycles.